The molecule has 0 radical (unpaired) electrons. The number of likely N-dealkylation sites (tertiary alicyclic amines) is 1. The van der Waals surface area contributed by atoms with Gasteiger partial charge in [-0.25, -0.2) is 9.97 Å². The zero-order valence-corrected chi connectivity index (χ0v) is 16.4. The SMILES string of the molecule is O=C(c1cnc2c(c1)ncn2CCc1ccccc1)N1CC[C@@H](O)C[C@H]1C1CC1. The lowest BCUT2D eigenvalue weighted by Gasteiger charge is -2.38. The third-order valence-corrected chi connectivity index (χ3v) is 6.23. The Kier molecular flexibility index (Phi) is 4.79. The van der Waals surface area contributed by atoms with Crippen LogP contribution in [0.4, 0.5) is 0 Å². The fourth-order valence-electron chi connectivity index (χ4n) is 4.45. The van der Waals surface area contributed by atoms with E-state index in [0.29, 0.717) is 30.9 Å². The van der Waals surface area contributed by atoms with Crippen LogP contribution in [0, 0.1) is 5.92 Å². The Hall–Kier alpha value is -2.73. The van der Waals surface area contributed by atoms with Gasteiger partial charge >= 0.3 is 0 Å². The van der Waals surface area contributed by atoms with Crippen molar-refractivity contribution in [3.05, 3.63) is 60.0 Å². The minimum Gasteiger partial charge on any atom is -0.393 e. The molecule has 0 bridgehead atoms. The van der Waals surface area contributed by atoms with Crippen molar-refractivity contribution in [2.24, 2.45) is 5.92 Å². The average Bonchev–Trinajstić information content (AvgIpc) is 3.52. The maximum atomic E-state index is 13.2. The molecule has 0 unspecified atom stereocenters. The van der Waals surface area contributed by atoms with E-state index >= 15 is 0 Å². The van der Waals surface area contributed by atoms with Crippen LogP contribution in [0.5, 0.6) is 0 Å². The second-order valence-corrected chi connectivity index (χ2v) is 8.32. The summed E-state index contributed by atoms with van der Waals surface area (Å²) >= 11 is 0. The van der Waals surface area contributed by atoms with E-state index in [2.05, 4.69) is 22.1 Å². The lowest BCUT2D eigenvalue weighted by Crippen LogP contribution is -2.48. The molecule has 3 aromatic rings. The van der Waals surface area contributed by atoms with Crippen molar-refractivity contribution < 1.29 is 9.90 Å². The molecule has 1 amide bonds. The number of piperidine rings is 1. The monoisotopic (exact) mass is 390 g/mol. The predicted molar refractivity (Wildman–Crippen MR) is 110 cm³/mol. The molecule has 1 aliphatic carbocycles. The number of aliphatic hydroxyl groups is 1. The molecule has 1 saturated heterocycles. The number of pyridine rings is 1. The third kappa shape index (κ3) is 3.77. The third-order valence-electron chi connectivity index (χ3n) is 6.23. The Morgan fingerprint density at radius 3 is 2.76 bits per heavy atom. The Morgan fingerprint density at radius 2 is 1.97 bits per heavy atom. The van der Waals surface area contributed by atoms with Gasteiger partial charge in [-0.15, -0.1) is 0 Å². The largest absolute Gasteiger partial charge is 0.393 e. The summed E-state index contributed by atoms with van der Waals surface area (Å²) in [6, 6.07) is 12.4. The van der Waals surface area contributed by atoms with Crippen LogP contribution in [0.2, 0.25) is 0 Å². The van der Waals surface area contributed by atoms with E-state index in [1.807, 2.05) is 33.7 Å². The van der Waals surface area contributed by atoms with Crippen LogP contribution in [0.3, 0.4) is 0 Å². The molecule has 6 nitrogen and oxygen atoms in total. The topological polar surface area (TPSA) is 71.2 Å². The van der Waals surface area contributed by atoms with Gasteiger partial charge in [0.05, 0.1) is 18.0 Å². The Labute approximate surface area is 170 Å². The number of carbonyl (C=O) groups is 1. The molecule has 2 aromatic heterocycles. The van der Waals surface area contributed by atoms with E-state index < -0.39 is 0 Å². The molecule has 2 aliphatic rings. The lowest BCUT2D eigenvalue weighted by atomic mass is 9.95. The Bertz CT molecular complexity index is 1010. The van der Waals surface area contributed by atoms with Gasteiger partial charge in [0.25, 0.3) is 5.91 Å². The van der Waals surface area contributed by atoms with Gasteiger partial charge in [0.15, 0.2) is 5.65 Å². The van der Waals surface area contributed by atoms with Crippen molar-refractivity contribution in [1.29, 1.82) is 0 Å². The fraction of sp³-hybridized carbons (Fsp3) is 0.435. The molecule has 0 spiro atoms. The number of hydrogen-bond donors (Lipinski definition) is 1. The highest BCUT2D eigenvalue weighted by molar-refractivity contribution is 5.96. The number of nitrogens with zero attached hydrogens (tertiary/aromatic N) is 4. The van der Waals surface area contributed by atoms with Gasteiger partial charge in [0.1, 0.15) is 5.52 Å². The normalized spacial score (nSPS) is 22.2. The summed E-state index contributed by atoms with van der Waals surface area (Å²) < 4.78 is 2.04. The highest BCUT2D eigenvalue weighted by Gasteiger charge is 2.41. The predicted octanol–water partition coefficient (Wildman–Crippen LogP) is 3.05. The summed E-state index contributed by atoms with van der Waals surface area (Å²) in [6.45, 7) is 1.42. The quantitative estimate of drug-likeness (QED) is 0.727. The van der Waals surface area contributed by atoms with Crippen molar-refractivity contribution in [3.63, 3.8) is 0 Å². The number of rotatable bonds is 5. The number of amides is 1. The number of aryl methyl sites for hydroxylation is 2. The second-order valence-electron chi connectivity index (χ2n) is 8.32. The van der Waals surface area contributed by atoms with Crippen molar-refractivity contribution in [3.8, 4) is 0 Å². The first-order chi connectivity index (χ1) is 14.2. The number of imidazole rings is 1. The second kappa shape index (κ2) is 7.59. The van der Waals surface area contributed by atoms with E-state index in [9.17, 15) is 9.90 Å². The van der Waals surface area contributed by atoms with Crippen LogP contribution in [-0.4, -0.2) is 49.1 Å². The van der Waals surface area contributed by atoms with E-state index in [-0.39, 0.29) is 18.1 Å². The first-order valence-corrected chi connectivity index (χ1v) is 10.5. The van der Waals surface area contributed by atoms with Gasteiger partial charge in [0, 0.05) is 25.3 Å². The molecule has 29 heavy (non-hydrogen) atoms. The van der Waals surface area contributed by atoms with Gasteiger partial charge in [-0.05, 0) is 49.7 Å². The standard InChI is InChI=1S/C23H26N4O2/c28-19-9-11-27(21(13-19)17-6-7-17)23(29)18-12-20-22(24-14-18)26(15-25-20)10-8-16-4-2-1-3-5-16/h1-5,12,14-15,17,19,21,28H,6-11,13H2/t19-,21+/m1/s1. The molecule has 6 heteroatoms. The molecule has 2 atom stereocenters. The van der Waals surface area contributed by atoms with Crippen molar-refractivity contribution >= 4 is 17.1 Å². The van der Waals surface area contributed by atoms with Crippen LogP contribution >= 0.6 is 0 Å². The fourth-order valence-corrected chi connectivity index (χ4v) is 4.45. The highest BCUT2D eigenvalue weighted by Crippen LogP contribution is 2.40. The maximum absolute atomic E-state index is 13.2. The molecular weight excluding hydrogens is 364 g/mol. The first-order valence-electron chi connectivity index (χ1n) is 10.5. The van der Waals surface area contributed by atoms with Crippen molar-refractivity contribution in [1.82, 2.24) is 19.4 Å². The summed E-state index contributed by atoms with van der Waals surface area (Å²) in [7, 11) is 0. The number of aromatic nitrogens is 3. The minimum absolute atomic E-state index is 0.0158. The molecule has 150 valence electrons. The summed E-state index contributed by atoms with van der Waals surface area (Å²) in [4.78, 5) is 24.2. The van der Waals surface area contributed by atoms with E-state index in [1.165, 1.54) is 5.56 Å². The van der Waals surface area contributed by atoms with Crippen LogP contribution < -0.4 is 0 Å². The van der Waals surface area contributed by atoms with Gasteiger partial charge in [0.2, 0.25) is 0 Å². The Balaban J connectivity index is 1.34. The minimum atomic E-state index is -0.287. The highest BCUT2D eigenvalue weighted by atomic mass is 16.3. The number of hydrogen-bond acceptors (Lipinski definition) is 4. The Morgan fingerprint density at radius 1 is 1.14 bits per heavy atom. The molecule has 1 aromatic carbocycles. The van der Waals surface area contributed by atoms with Crippen LogP contribution in [0.25, 0.3) is 11.2 Å². The summed E-state index contributed by atoms with van der Waals surface area (Å²) in [5.74, 6) is 0.560. The lowest BCUT2D eigenvalue weighted by molar-refractivity contribution is 0.0269. The van der Waals surface area contributed by atoms with Crippen molar-refractivity contribution in [2.75, 3.05) is 6.54 Å². The molecule has 1 aliphatic heterocycles. The molecule has 5 rings (SSSR count). The van der Waals surface area contributed by atoms with Crippen molar-refractivity contribution in [2.45, 2.75) is 50.8 Å². The maximum Gasteiger partial charge on any atom is 0.255 e. The van der Waals surface area contributed by atoms with E-state index in [0.717, 1.165) is 37.0 Å². The number of carbonyl (C=O) groups excluding carboxylic acids is 1. The molecular formula is C23H26N4O2. The summed E-state index contributed by atoms with van der Waals surface area (Å²) in [5.41, 5.74) is 3.43. The zero-order chi connectivity index (χ0) is 19.8. The van der Waals surface area contributed by atoms with Crippen LogP contribution in [0.15, 0.2) is 48.9 Å². The zero-order valence-electron chi connectivity index (χ0n) is 16.4. The van der Waals surface area contributed by atoms with Gasteiger partial charge in [-0.1, -0.05) is 30.3 Å². The summed E-state index contributed by atoms with van der Waals surface area (Å²) in [5, 5.41) is 10.0. The van der Waals surface area contributed by atoms with Crippen LogP contribution in [0.1, 0.15) is 41.6 Å². The van der Waals surface area contributed by atoms with E-state index in [4.69, 9.17) is 0 Å². The molecule has 1 N–H and O–H groups in total. The van der Waals surface area contributed by atoms with Gasteiger partial charge in [-0.2, -0.15) is 0 Å². The average molecular weight is 390 g/mol. The number of aliphatic hydroxyl groups excluding tert-OH is 1. The first kappa shape index (κ1) is 18.3. The van der Waals surface area contributed by atoms with E-state index in [1.54, 1.807) is 12.5 Å². The molecule has 2 fully saturated rings. The molecule has 3 heterocycles. The van der Waals surface area contributed by atoms with Gasteiger partial charge in [-0.3, -0.25) is 4.79 Å². The van der Waals surface area contributed by atoms with Crippen LogP contribution in [-0.2, 0) is 13.0 Å². The summed E-state index contributed by atoms with van der Waals surface area (Å²) in [6.07, 6.45) is 7.77. The number of benzene rings is 1. The molecule has 1 saturated carbocycles. The van der Waals surface area contributed by atoms with Gasteiger partial charge < -0.3 is 14.6 Å². The smallest absolute Gasteiger partial charge is 0.255 e. The number of fused-ring (bicyclic) bond motifs is 1.